The molecule has 2 aromatic carbocycles. The van der Waals surface area contributed by atoms with Gasteiger partial charge in [0.15, 0.2) is 0 Å². The molecule has 0 aromatic heterocycles. The van der Waals surface area contributed by atoms with Gasteiger partial charge >= 0.3 is 5.69 Å². The van der Waals surface area contributed by atoms with Gasteiger partial charge in [0, 0.05) is 28.9 Å². The topological polar surface area (TPSA) is 115 Å². The van der Waals surface area contributed by atoms with E-state index in [-0.39, 0.29) is 16.9 Å². The van der Waals surface area contributed by atoms with E-state index < -0.39 is 27.3 Å². The Balaban J connectivity index is 2.29. The predicted octanol–water partition coefficient (Wildman–Crippen LogP) is 3.20. The van der Waals surface area contributed by atoms with E-state index in [0.29, 0.717) is 5.56 Å². The molecule has 0 saturated carbocycles. The highest BCUT2D eigenvalue weighted by atomic mass is 19.1. The van der Waals surface area contributed by atoms with Crippen LogP contribution in [0.5, 0.6) is 0 Å². The normalized spacial score (nSPS) is 10.2. The van der Waals surface area contributed by atoms with E-state index in [2.05, 4.69) is 5.32 Å². The summed E-state index contributed by atoms with van der Waals surface area (Å²) in [5.74, 6) is -1.73. The van der Waals surface area contributed by atoms with E-state index >= 15 is 0 Å². The first-order chi connectivity index (χ1) is 10.8. The molecule has 1 amide bonds. The van der Waals surface area contributed by atoms with Crippen molar-refractivity contribution in [1.82, 2.24) is 0 Å². The molecule has 0 aliphatic heterocycles. The predicted molar refractivity (Wildman–Crippen MR) is 78.8 cm³/mol. The molecule has 118 valence electrons. The lowest BCUT2D eigenvalue weighted by atomic mass is 10.1. The van der Waals surface area contributed by atoms with Crippen molar-refractivity contribution in [1.29, 1.82) is 0 Å². The smallest absolute Gasteiger partial charge is 0.306 e. The Kier molecular flexibility index (Phi) is 4.30. The van der Waals surface area contributed by atoms with Gasteiger partial charge in [-0.3, -0.25) is 25.0 Å². The van der Waals surface area contributed by atoms with E-state index in [1.54, 1.807) is 0 Å². The highest BCUT2D eigenvalue weighted by Crippen LogP contribution is 2.23. The van der Waals surface area contributed by atoms with E-state index in [9.17, 15) is 29.4 Å². The lowest BCUT2D eigenvalue weighted by Crippen LogP contribution is -2.12. The molecule has 2 aromatic rings. The van der Waals surface area contributed by atoms with Crippen LogP contribution in [0.4, 0.5) is 21.5 Å². The largest absolute Gasteiger partial charge is 0.322 e. The number of anilines is 1. The van der Waals surface area contributed by atoms with Gasteiger partial charge in [0.05, 0.1) is 9.85 Å². The van der Waals surface area contributed by atoms with Crippen LogP contribution in [-0.2, 0) is 0 Å². The van der Waals surface area contributed by atoms with Gasteiger partial charge in [-0.25, -0.2) is 0 Å². The number of nitro groups is 2. The minimum Gasteiger partial charge on any atom is -0.322 e. The van der Waals surface area contributed by atoms with Crippen molar-refractivity contribution in [3.05, 3.63) is 73.6 Å². The summed E-state index contributed by atoms with van der Waals surface area (Å²) in [6, 6.07) is 6.78. The molecule has 0 bridgehead atoms. The van der Waals surface area contributed by atoms with E-state index in [1.165, 1.54) is 19.1 Å². The summed E-state index contributed by atoms with van der Waals surface area (Å²) in [6.45, 7) is 1.53. The molecule has 0 atom stereocenters. The van der Waals surface area contributed by atoms with Crippen molar-refractivity contribution in [2.24, 2.45) is 0 Å². The molecule has 0 aliphatic carbocycles. The Morgan fingerprint density at radius 1 is 1.04 bits per heavy atom. The fourth-order valence-corrected chi connectivity index (χ4v) is 1.88. The van der Waals surface area contributed by atoms with Gasteiger partial charge in [-0.2, -0.15) is 4.39 Å². The van der Waals surface area contributed by atoms with Crippen LogP contribution < -0.4 is 5.32 Å². The number of aryl methyl sites for hydroxylation is 1. The van der Waals surface area contributed by atoms with Crippen LogP contribution >= 0.6 is 0 Å². The fourth-order valence-electron chi connectivity index (χ4n) is 1.88. The molecular weight excluding hydrogens is 309 g/mol. The molecule has 1 N–H and O–H groups in total. The van der Waals surface area contributed by atoms with Crippen molar-refractivity contribution in [3.8, 4) is 0 Å². The van der Waals surface area contributed by atoms with Crippen molar-refractivity contribution in [2.75, 3.05) is 5.32 Å². The number of rotatable bonds is 4. The van der Waals surface area contributed by atoms with Gasteiger partial charge in [-0.15, -0.1) is 0 Å². The highest BCUT2D eigenvalue weighted by molar-refractivity contribution is 6.04. The van der Waals surface area contributed by atoms with Crippen molar-refractivity contribution < 1.29 is 19.0 Å². The van der Waals surface area contributed by atoms with Gasteiger partial charge in [-0.1, -0.05) is 6.07 Å². The molecule has 0 fully saturated rings. The van der Waals surface area contributed by atoms with Crippen LogP contribution in [0.15, 0.2) is 36.4 Å². The molecule has 0 heterocycles. The number of carbonyl (C=O) groups is 1. The second-order valence-corrected chi connectivity index (χ2v) is 4.64. The number of carbonyl (C=O) groups excluding carboxylic acids is 1. The van der Waals surface area contributed by atoms with Crippen LogP contribution in [0, 0.1) is 33.0 Å². The summed E-state index contributed by atoms with van der Waals surface area (Å²) in [7, 11) is 0. The number of amides is 1. The quantitative estimate of drug-likeness (QED) is 0.686. The van der Waals surface area contributed by atoms with Crippen molar-refractivity contribution >= 4 is 23.0 Å². The van der Waals surface area contributed by atoms with Crippen LogP contribution in [0.3, 0.4) is 0 Å². The first kappa shape index (κ1) is 16.0. The fraction of sp³-hybridized carbons (Fsp3) is 0.0714. The summed E-state index contributed by atoms with van der Waals surface area (Å²) in [4.78, 5) is 32.1. The zero-order valence-corrected chi connectivity index (χ0v) is 11.8. The molecule has 23 heavy (non-hydrogen) atoms. The maximum absolute atomic E-state index is 13.2. The summed E-state index contributed by atoms with van der Waals surface area (Å²) in [5, 5.41) is 23.9. The van der Waals surface area contributed by atoms with E-state index in [1.807, 2.05) is 0 Å². The van der Waals surface area contributed by atoms with Crippen LogP contribution in [0.25, 0.3) is 0 Å². The Labute approximate surface area is 128 Å². The van der Waals surface area contributed by atoms with E-state index in [0.717, 1.165) is 24.3 Å². The zero-order valence-electron chi connectivity index (χ0n) is 11.8. The van der Waals surface area contributed by atoms with Crippen LogP contribution in [0.1, 0.15) is 15.9 Å². The Hall–Kier alpha value is -3.36. The van der Waals surface area contributed by atoms with Crippen molar-refractivity contribution in [2.45, 2.75) is 6.92 Å². The average molecular weight is 319 g/mol. The maximum atomic E-state index is 13.2. The number of nitrogens with zero attached hydrogens (tertiary/aromatic N) is 2. The number of benzene rings is 2. The number of nitrogens with one attached hydrogen (secondary N) is 1. The monoisotopic (exact) mass is 319 g/mol. The lowest BCUT2D eigenvalue weighted by Gasteiger charge is -2.06. The third kappa shape index (κ3) is 3.46. The Bertz CT molecular complexity index is 822. The molecule has 2 rings (SSSR count). The molecule has 8 nitrogen and oxygen atoms in total. The minimum atomic E-state index is -1.03. The second-order valence-electron chi connectivity index (χ2n) is 4.64. The molecule has 0 radical (unpaired) electrons. The first-order valence-corrected chi connectivity index (χ1v) is 6.30. The maximum Gasteiger partial charge on any atom is 0.306 e. The Morgan fingerprint density at radius 2 is 1.70 bits per heavy atom. The second kappa shape index (κ2) is 6.18. The molecule has 9 heteroatoms. The average Bonchev–Trinajstić information content (AvgIpc) is 2.49. The Morgan fingerprint density at radius 3 is 2.30 bits per heavy atom. The van der Waals surface area contributed by atoms with Crippen molar-refractivity contribution in [3.63, 3.8) is 0 Å². The minimum absolute atomic E-state index is 0.00586. The van der Waals surface area contributed by atoms with Gasteiger partial charge < -0.3 is 5.32 Å². The third-order valence-electron chi connectivity index (χ3n) is 3.07. The lowest BCUT2D eigenvalue weighted by molar-refractivity contribution is -0.387. The molecule has 0 unspecified atom stereocenters. The first-order valence-electron chi connectivity index (χ1n) is 6.30. The molecule has 0 spiro atoms. The molecule has 0 saturated heterocycles. The summed E-state index contributed by atoms with van der Waals surface area (Å²) < 4.78 is 13.2. The highest BCUT2D eigenvalue weighted by Gasteiger charge is 2.18. The number of nitro benzene ring substituents is 2. The van der Waals surface area contributed by atoms with Crippen LogP contribution in [0.2, 0.25) is 0 Å². The molecule has 0 aliphatic rings. The third-order valence-corrected chi connectivity index (χ3v) is 3.07. The van der Waals surface area contributed by atoms with Gasteiger partial charge in [0.25, 0.3) is 11.6 Å². The summed E-state index contributed by atoms with van der Waals surface area (Å²) in [5.41, 5.74) is -0.593. The number of hydrogen-bond acceptors (Lipinski definition) is 5. The molecular formula is C14H10FN3O5. The number of halogens is 1. The van der Waals surface area contributed by atoms with Gasteiger partial charge in [0.2, 0.25) is 5.82 Å². The van der Waals surface area contributed by atoms with Crippen LogP contribution in [-0.4, -0.2) is 15.8 Å². The SMILES string of the molecule is Cc1ccc(C(=O)Nc2ccc(F)c([N+](=O)[O-])c2)cc1[N+](=O)[O-]. The summed E-state index contributed by atoms with van der Waals surface area (Å²) in [6.07, 6.45) is 0. The summed E-state index contributed by atoms with van der Waals surface area (Å²) >= 11 is 0. The standard InChI is InChI=1S/C14H10FN3O5/c1-8-2-3-9(6-12(8)17(20)21)14(19)16-10-4-5-11(15)13(7-10)18(22)23/h2-7H,1H3,(H,16,19). The van der Waals surface area contributed by atoms with Gasteiger partial charge in [0.1, 0.15) is 0 Å². The van der Waals surface area contributed by atoms with Gasteiger partial charge in [-0.05, 0) is 25.1 Å². The number of hydrogen-bond donors (Lipinski definition) is 1. The zero-order chi connectivity index (χ0) is 17.1. The van der Waals surface area contributed by atoms with E-state index in [4.69, 9.17) is 0 Å².